The highest BCUT2D eigenvalue weighted by Crippen LogP contribution is 2.37. The Bertz CT molecular complexity index is 577. The summed E-state index contributed by atoms with van der Waals surface area (Å²) in [4.78, 5) is 12.4. The maximum absolute atomic E-state index is 6.09. The summed E-state index contributed by atoms with van der Waals surface area (Å²) in [5.41, 5.74) is 15.5. The van der Waals surface area contributed by atoms with Crippen LogP contribution in [0.4, 0.5) is 11.5 Å². The van der Waals surface area contributed by atoms with E-state index in [1.165, 1.54) is 6.33 Å². The van der Waals surface area contributed by atoms with Gasteiger partial charge in [0.2, 0.25) is 0 Å². The maximum atomic E-state index is 6.09. The molecular formula is C13H16N6. The molecule has 19 heavy (non-hydrogen) atoms. The number of nitrogens with two attached hydrogens (primary N) is 2. The van der Waals surface area contributed by atoms with Crippen molar-refractivity contribution in [3.63, 3.8) is 0 Å². The van der Waals surface area contributed by atoms with Crippen LogP contribution >= 0.6 is 0 Å². The summed E-state index contributed by atoms with van der Waals surface area (Å²) in [6.45, 7) is 1.88. The fourth-order valence-corrected chi connectivity index (χ4v) is 2.60. The smallest absolute Gasteiger partial charge is 0.127 e. The third-order valence-corrected chi connectivity index (χ3v) is 3.48. The lowest BCUT2D eigenvalue weighted by atomic mass is 9.91. The molecule has 0 amide bonds. The Morgan fingerprint density at radius 1 is 1.26 bits per heavy atom. The zero-order valence-corrected chi connectivity index (χ0v) is 10.5. The van der Waals surface area contributed by atoms with Crippen molar-refractivity contribution in [2.75, 3.05) is 24.6 Å². The molecular weight excluding hydrogens is 240 g/mol. The van der Waals surface area contributed by atoms with Crippen LogP contribution in [0.25, 0.3) is 11.3 Å². The third-order valence-electron chi connectivity index (χ3n) is 3.48. The van der Waals surface area contributed by atoms with Crippen LogP contribution in [-0.2, 0) is 0 Å². The van der Waals surface area contributed by atoms with Crippen molar-refractivity contribution >= 4 is 11.5 Å². The number of nitrogens with one attached hydrogen (secondary N) is 1. The summed E-state index contributed by atoms with van der Waals surface area (Å²) in [5.74, 6) is 0.873. The van der Waals surface area contributed by atoms with Gasteiger partial charge >= 0.3 is 0 Å². The van der Waals surface area contributed by atoms with E-state index in [9.17, 15) is 0 Å². The van der Waals surface area contributed by atoms with Crippen LogP contribution in [0.15, 0.2) is 24.8 Å². The largest absolute Gasteiger partial charge is 0.397 e. The van der Waals surface area contributed by atoms with E-state index in [-0.39, 0.29) is 0 Å². The van der Waals surface area contributed by atoms with Crippen molar-refractivity contribution in [1.82, 2.24) is 20.3 Å². The summed E-state index contributed by atoms with van der Waals surface area (Å²) in [6.07, 6.45) is 5.85. The second kappa shape index (κ2) is 4.81. The molecule has 98 valence electrons. The van der Waals surface area contributed by atoms with E-state index in [0.717, 1.165) is 36.3 Å². The summed E-state index contributed by atoms with van der Waals surface area (Å²) >= 11 is 0. The number of hydrogen-bond acceptors (Lipinski definition) is 6. The van der Waals surface area contributed by atoms with E-state index < -0.39 is 0 Å². The third kappa shape index (κ3) is 2.10. The minimum absolute atomic E-state index is 0.334. The van der Waals surface area contributed by atoms with Crippen LogP contribution in [0.1, 0.15) is 17.9 Å². The molecule has 1 aliphatic rings. The summed E-state index contributed by atoms with van der Waals surface area (Å²) < 4.78 is 0. The van der Waals surface area contributed by atoms with Gasteiger partial charge in [0.15, 0.2) is 0 Å². The van der Waals surface area contributed by atoms with Crippen molar-refractivity contribution in [3.8, 4) is 11.3 Å². The predicted molar refractivity (Wildman–Crippen MR) is 74.3 cm³/mol. The molecule has 0 aliphatic carbocycles. The van der Waals surface area contributed by atoms with Gasteiger partial charge in [-0.2, -0.15) is 0 Å². The number of aromatic nitrogens is 3. The number of nitrogen functional groups attached to an aromatic ring is 2. The van der Waals surface area contributed by atoms with Crippen molar-refractivity contribution in [2.45, 2.75) is 12.3 Å². The lowest BCUT2D eigenvalue weighted by Gasteiger charge is -2.18. The van der Waals surface area contributed by atoms with Crippen LogP contribution in [0.3, 0.4) is 0 Å². The molecule has 6 nitrogen and oxygen atoms in total. The summed E-state index contributed by atoms with van der Waals surface area (Å²) in [6, 6.07) is 1.84. The maximum Gasteiger partial charge on any atom is 0.127 e. The van der Waals surface area contributed by atoms with Crippen LogP contribution in [0, 0.1) is 0 Å². The molecule has 1 aliphatic heterocycles. The standard InChI is InChI=1S/C13H16N6/c14-9-6-18-13(15)11(8-1-3-16-5-8)12(9)10-2-4-17-7-19-10/h2,4,6-8,16H,1,3,5,14H2,(H2,15,18). The van der Waals surface area contributed by atoms with E-state index in [1.54, 1.807) is 12.4 Å². The topological polar surface area (TPSA) is 103 Å². The Balaban J connectivity index is 2.19. The van der Waals surface area contributed by atoms with Crippen molar-refractivity contribution < 1.29 is 0 Å². The molecule has 0 radical (unpaired) electrons. The lowest BCUT2D eigenvalue weighted by Crippen LogP contribution is -2.12. The zero-order chi connectivity index (χ0) is 13.2. The molecule has 1 fully saturated rings. The number of hydrogen-bond donors (Lipinski definition) is 3. The minimum Gasteiger partial charge on any atom is -0.397 e. The van der Waals surface area contributed by atoms with Gasteiger partial charge in [-0.1, -0.05) is 0 Å². The fraction of sp³-hybridized carbons (Fsp3) is 0.308. The van der Waals surface area contributed by atoms with Crippen molar-refractivity contribution in [2.24, 2.45) is 0 Å². The highest BCUT2D eigenvalue weighted by atomic mass is 14.9. The van der Waals surface area contributed by atoms with Gasteiger partial charge in [0.25, 0.3) is 0 Å². The van der Waals surface area contributed by atoms with E-state index in [1.807, 2.05) is 6.07 Å². The fourth-order valence-electron chi connectivity index (χ4n) is 2.60. The summed E-state index contributed by atoms with van der Waals surface area (Å²) in [5, 5.41) is 3.34. The van der Waals surface area contributed by atoms with E-state index in [2.05, 4.69) is 20.3 Å². The molecule has 5 N–H and O–H groups in total. The molecule has 3 rings (SSSR count). The van der Waals surface area contributed by atoms with Gasteiger partial charge in [-0.3, -0.25) is 0 Å². The zero-order valence-electron chi connectivity index (χ0n) is 10.5. The van der Waals surface area contributed by atoms with Crippen LogP contribution in [0.5, 0.6) is 0 Å². The molecule has 2 aromatic rings. The van der Waals surface area contributed by atoms with Gasteiger partial charge in [-0.25, -0.2) is 15.0 Å². The number of rotatable bonds is 2. The van der Waals surface area contributed by atoms with Crippen LogP contribution in [0.2, 0.25) is 0 Å². The molecule has 0 bridgehead atoms. The molecule has 1 atom stereocenters. The SMILES string of the molecule is Nc1cnc(N)c(C2CCNC2)c1-c1ccncn1. The summed E-state index contributed by atoms with van der Waals surface area (Å²) in [7, 11) is 0. The van der Waals surface area contributed by atoms with Crippen LogP contribution < -0.4 is 16.8 Å². The number of nitrogens with zero attached hydrogens (tertiary/aromatic N) is 3. The Labute approximate surface area is 111 Å². The Morgan fingerprint density at radius 2 is 2.16 bits per heavy atom. The second-order valence-corrected chi connectivity index (χ2v) is 4.67. The molecule has 1 saturated heterocycles. The van der Waals surface area contributed by atoms with E-state index >= 15 is 0 Å². The van der Waals surface area contributed by atoms with Gasteiger partial charge in [0, 0.05) is 29.8 Å². The van der Waals surface area contributed by atoms with Gasteiger partial charge < -0.3 is 16.8 Å². The first-order chi connectivity index (χ1) is 9.27. The van der Waals surface area contributed by atoms with Gasteiger partial charge in [-0.05, 0) is 19.0 Å². The Hall–Kier alpha value is -2.21. The van der Waals surface area contributed by atoms with Gasteiger partial charge in [-0.15, -0.1) is 0 Å². The predicted octanol–water partition coefficient (Wildman–Crippen LogP) is 0.780. The van der Waals surface area contributed by atoms with Crippen LogP contribution in [-0.4, -0.2) is 28.0 Å². The average Bonchev–Trinajstić information content (AvgIpc) is 2.96. The average molecular weight is 256 g/mol. The lowest BCUT2D eigenvalue weighted by molar-refractivity contribution is 0.764. The molecule has 0 saturated carbocycles. The first kappa shape index (κ1) is 11.9. The molecule has 0 aromatic carbocycles. The van der Waals surface area contributed by atoms with Crippen molar-refractivity contribution in [3.05, 3.63) is 30.4 Å². The van der Waals surface area contributed by atoms with E-state index in [0.29, 0.717) is 17.4 Å². The highest BCUT2D eigenvalue weighted by molar-refractivity contribution is 5.80. The normalized spacial score (nSPS) is 18.6. The highest BCUT2D eigenvalue weighted by Gasteiger charge is 2.25. The first-order valence-electron chi connectivity index (χ1n) is 6.28. The van der Waals surface area contributed by atoms with Gasteiger partial charge in [0.1, 0.15) is 12.1 Å². The molecule has 1 unspecified atom stereocenters. The molecule has 0 spiro atoms. The minimum atomic E-state index is 0.334. The molecule has 6 heteroatoms. The molecule has 3 heterocycles. The second-order valence-electron chi connectivity index (χ2n) is 4.67. The van der Waals surface area contributed by atoms with E-state index in [4.69, 9.17) is 11.5 Å². The quantitative estimate of drug-likeness (QED) is 0.733. The number of anilines is 2. The number of pyridine rings is 1. The first-order valence-corrected chi connectivity index (χ1v) is 6.28. The Kier molecular flexibility index (Phi) is 3.00. The monoisotopic (exact) mass is 256 g/mol. The van der Waals surface area contributed by atoms with Crippen molar-refractivity contribution in [1.29, 1.82) is 0 Å². The Morgan fingerprint density at radius 3 is 2.84 bits per heavy atom. The molecule has 2 aromatic heterocycles. The van der Waals surface area contributed by atoms with Gasteiger partial charge in [0.05, 0.1) is 17.6 Å².